The number of aliphatic hydroxyl groups is 1. The zero-order valence-corrected chi connectivity index (χ0v) is 15.9. The van der Waals surface area contributed by atoms with Gasteiger partial charge in [0.05, 0.1) is 12.2 Å². The minimum atomic E-state index is -1.03. The summed E-state index contributed by atoms with van der Waals surface area (Å²) in [4.78, 5) is 2.55. The molecule has 27 heavy (non-hydrogen) atoms. The van der Waals surface area contributed by atoms with Crippen molar-refractivity contribution in [2.75, 3.05) is 6.61 Å². The Labute approximate surface area is 160 Å². The van der Waals surface area contributed by atoms with E-state index in [1.54, 1.807) is 6.07 Å². The monoisotopic (exact) mass is 369 g/mol. The van der Waals surface area contributed by atoms with Crippen molar-refractivity contribution in [2.45, 2.75) is 63.3 Å². The Hall–Kier alpha value is -1.91. The average Bonchev–Trinajstić information content (AvgIpc) is 2.65. The Morgan fingerprint density at radius 1 is 1.11 bits per heavy atom. The smallest absolute Gasteiger partial charge is 0.125 e. The summed E-state index contributed by atoms with van der Waals surface area (Å²) in [6.45, 7) is 3.32. The van der Waals surface area contributed by atoms with Crippen LogP contribution in [-0.4, -0.2) is 28.7 Å². The summed E-state index contributed by atoms with van der Waals surface area (Å²) in [5.41, 5.74) is 0.886. The molecule has 2 aliphatic heterocycles. The van der Waals surface area contributed by atoms with Crippen LogP contribution in [0.25, 0.3) is 0 Å². The van der Waals surface area contributed by atoms with E-state index in [0.29, 0.717) is 42.8 Å². The van der Waals surface area contributed by atoms with E-state index in [4.69, 9.17) is 4.74 Å². The van der Waals surface area contributed by atoms with Gasteiger partial charge in [-0.15, -0.1) is 0 Å². The van der Waals surface area contributed by atoms with Gasteiger partial charge < -0.3 is 9.84 Å². The number of halogens is 1. The highest BCUT2D eigenvalue weighted by Crippen LogP contribution is 2.47. The van der Waals surface area contributed by atoms with Crippen molar-refractivity contribution < 1.29 is 14.2 Å². The number of ether oxygens (including phenoxy) is 1. The molecule has 0 aliphatic carbocycles. The first-order valence-corrected chi connectivity index (χ1v) is 10.0. The molecule has 3 nitrogen and oxygen atoms in total. The molecule has 2 aromatic carbocycles. The average molecular weight is 369 g/mol. The van der Waals surface area contributed by atoms with Crippen molar-refractivity contribution in [3.63, 3.8) is 0 Å². The summed E-state index contributed by atoms with van der Waals surface area (Å²) < 4.78 is 19.7. The van der Waals surface area contributed by atoms with Crippen LogP contribution in [0.3, 0.4) is 0 Å². The van der Waals surface area contributed by atoms with E-state index in [1.165, 1.54) is 24.1 Å². The van der Waals surface area contributed by atoms with Crippen LogP contribution >= 0.6 is 0 Å². The van der Waals surface area contributed by atoms with E-state index < -0.39 is 5.60 Å². The van der Waals surface area contributed by atoms with Crippen molar-refractivity contribution in [2.24, 2.45) is 0 Å². The van der Waals surface area contributed by atoms with Gasteiger partial charge in [0.15, 0.2) is 0 Å². The molecule has 2 fully saturated rings. The van der Waals surface area contributed by atoms with Gasteiger partial charge in [-0.05, 0) is 56.4 Å². The zero-order chi connectivity index (χ0) is 18.9. The van der Waals surface area contributed by atoms with E-state index >= 15 is 0 Å². The Morgan fingerprint density at radius 2 is 1.81 bits per heavy atom. The van der Waals surface area contributed by atoms with Crippen molar-refractivity contribution in [1.29, 1.82) is 0 Å². The van der Waals surface area contributed by atoms with E-state index in [0.717, 1.165) is 19.4 Å². The van der Waals surface area contributed by atoms with Gasteiger partial charge >= 0.3 is 0 Å². The lowest BCUT2D eigenvalue weighted by molar-refractivity contribution is -0.101. The molecule has 0 amide bonds. The molecule has 4 heteroatoms. The van der Waals surface area contributed by atoms with Gasteiger partial charge in [-0.2, -0.15) is 0 Å². The molecule has 1 N–H and O–H groups in total. The summed E-state index contributed by atoms with van der Waals surface area (Å²) in [5.74, 6) is 0.287. The lowest BCUT2D eigenvalue weighted by atomic mass is 9.72. The number of benzene rings is 2. The van der Waals surface area contributed by atoms with Crippen LogP contribution < -0.4 is 4.74 Å². The number of hydrogen-bond donors (Lipinski definition) is 1. The molecular formula is C23H28FNO2. The fraction of sp³-hybridized carbons (Fsp3) is 0.478. The maximum Gasteiger partial charge on any atom is 0.125 e. The molecule has 0 radical (unpaired) electrons. The van der Waals surface area contributed by atoms with Gasteiger partial charge in [0.2, 0.25) is 0 Å². The van der Waals surface area contributed by atoms with Crippen molar-refractivity contribution in [3.8, 4) is 5.75 Å². The summed E-state index contributed by atoms with van der Waals surface area (Å²) in [6, 6.07) is 15.7. The first-order chi connectivity index (χ1) is 13.1. The van der Waals surface area contributed by atoms with Gasteiger partial charge in [0.1, 0.15) is 11.6 Å². The number of rotatable bonds is 5. The molecular weight excluding hydrogens is 341 g/mol. The molecule has 144 valence electrons. The highest BCUT2D eigenvalue weighted by molar-refractivity contribution is 5.39. The zero-order valence-electron chi connectivity index (χ0n) is 15.9. The molecule has 0 saturated carbocycles. The topological polar surface area (TPSA) is 32.7 Å². The van der Waals surface area contributed by atoms with Crippen LogP contribution in [0.5, 0.6) is 5.75 Å². The first-order valence-electron chi connectivity index (χ1n) is 10.0. The minimum absolute atomic E-state index is 0.306. The van der Waals surface area contributed by atoms with Gasteiger partial charge in [0, 0.05) is 24.2 Å². The molecule has 0 aromatic heterocycles. The lowest BCUT2D eigenvalue weighted by Gasteiger charge is -2.52. The summed E-state index contributed by atoms with van der Waals surface area (Å²) in [5, 5.41) is 11.6. The Bertz CT molecular complexity index is 765. The highest BCUT2D eigenvalue weighted by atomic mass is 19.1. The molecule has 2 aromatic rings. The molecule has 2 unspecified atom stereocenters. The second-order valence-electron chi connectivity index (χ2n) is 7.91. The fourth-order valence-electron chi connectivity index (χ4n) is 4.94. The van der Waals surface area contributed by atoms with Crippen LogP contribution in [0.1, 0.15) is 50.2 Å². The standard InChI is InChI=1S/C23H28FNO2/c1-2-27-22-12-11-18(24)13-21(22)23(26)14-19-9-6-10-20(15-23)25(19)16-17-7-4-3-5-8-17/h3-5,7-8,11-13,19-20,26H,2,6,9-10,14-16H2,1H3. The van der Waals surface area contributed by atoms with Gasteiger partial charge in [0.25, 0.3) is 0 Å². The minimum Gasteiger partial charge on any atom is -0.493 e. The molecule has 4 rings (SSSR count). The molecule has 2 heterocycles. The Morgan fingerprint density at radius 3 is 2.48 bits per heavy atom. The quantitative estimate of drug-likeness (QED) is 0.834. The fourth-order valence-corrected chi connectivity index (χ4v) is 4.94. The predicted molar refractivity (Wildman–Crippen MR) is 104 cm³/mol. The van der Waals surface area contributed by atoms with Crippen LogP contribution in [0.4, 0.5) is 4.39 Å². The third kappa shape index (κ3) is 3.74. The predicted octanol–water partition coefficient (Wildman–Crippen LogP) is 4.63. The summed E-state index contributed by atoms with van der Waals surface area (Å²) in [6.07, 6.45) is 4.59. The first kappa shape index (κ1) is 18.5. The van der Waals surface area contributed by atoms with E-state index in [9.17, 15) is 9.50 Å². The largest absolute Gasteiger partial charge is 0.493 e. The number of hydrogen-bond acceptors (Lipinski definition) is 3. The molecule has 2 bridgehead atoms. The van der Waals surface area contributed by atoms with Gasteiger partial charge in [-0.1, -0.05) is 36.8 Å². The van der Waals surface area contributed by atoms with E-state index in [1.807, 2.05) is 13.0 Å². The van der Waals surface area contributed by atoms with Gasteiger partial charge in [-0.3, -0.25) is 4.90 Å². The molecule has 2 aliphatic rings. The number of piperidine rings is 2. The Balaban J connectivity index is 1.62. The summed E-state index contributed by atoms with van der Waals surface area (Å²) in [7, 11) is 0. The van der Waals surface area contributed by atoms with Crippen LogP contribution in [-0.2, 0) is 12.1 Å². The Kier molecular flexibility index (Phi) is 5.20. The van der Waals surface area contributed by atoms with E-state index in [2.05, 4.69) is 29.2 Å². The molecule has 0 spiro atoms. The van der Waals surface area contributed by atoms with Crippen LogP contribution in [0.15, 0.2) is 48.5 Å². The molecule has 2 saturated heterocycles. The third-order valence-corrected chi connectivity index (χ3v) is 6.11. The highest BCUT2D eigenvalue weighted by Gasteiger charge is 2.47. The lowest BCUT2D eigenvalue weighted by Crippen LogP contribution is -2.56. The number of fused-ring (bicyclic) bond motifs is 2. The molecule has 2 atom stereocenters. The van der Waals surface area contributed by atoms with E-state index in [-0.39, 0.29) is 5.82 Å². The van der Waals surface area contributed by atoms with Crippen molar-refractivity contribution in [1.82, 2.24) is 4.90 Å². The maximum absolute atomic E-state index is 14.0. The summed E-state index contributed by atoms with van der Waals surface area (Å²) >= 11 is 0. The SMILES string of the molecule is CCOc1ccc(F)cc1C1(O)CC2CCCC(C1)N2Cc1ccccc1. The second-order valence-corrected chi connectivity index (χ2v) is 7.91. The number of nitrogens with zero attached hydrogens (tertiary/aromatic N) is 1. The van der Waals surface area contributed by atoms with Crippen molar-refractivity contribution in [3.05, 3.63) is 65.5 Å². The van der Waals surface area contributed by atoms with Gasteiger partial charge in [-0.25, -0.2) is 4.39 Å². The van der Waals surface area contributed by atoms with Crippen molar-refractivity contribution >= 4 is 0 Å². The second kappa shape index (κ2) is 7.61. The third-order valence-electron chi connectivity index (χ3n) is 6.11. The van der Waals surface area contributed by atoms with Crippen LogP contribution in [0.2, 0.25) is 0 Å². The maximum atomic E-state index is 14.0. The van der Waals surface area contributed by atoms with Crippen LogP contribution in [0, 0.1) is 5.82 Å². The normalized spacial score (nSPS) is 28.1.